The van der Waals surface area contributed by atoms with Crippen LogP contribution in [0.25, 0.3) is 33.2 Å². The van der Waals surface area contributed by atoms with E-state index < -0.39 is 6.10 Å². The van der Waals surface area contributed by atoms with E-state index in [0.29, 0.717) is 30.3 Å². The van der Waals surface area contributed by atoms with Crippen LogP contribution in [0.4, 0.5) is 0 Å². The Morgan fingerprint density at radius 3 is 2.14 bits per heavy atom. The van der Waals surface area contributed by atoms with E-state index in [9.17, 15) is 9.90 Å². The molecule has 0 amide bonds. The number of aromatic nitrogens is 2. The van der Waals surface area contributed by atoms with Crippen molar-refractivity contribution in [2.45, 2.75) is 25.5 Å². The van der Waals surface area contributed by atoms with Crippen molar-refractivity contribution in [3.05, 3.63) is 89.0 Å². The maximum Gasteiger partial charge on any atom is 0.261 e. The van der Waals surface area contributed by atoms with Gasteiger partial charge in [0.25, 0.3) is 5.56 Å². The van der Waals surface area contributed by atoms with Crippen LogP contribution in [0, 0.1) is 0 Å². The van der Waals surface area contributed by atoms with Crippen molar-refractivity contribution in [1.29, 1.82) is 0 Å². The molecule has 1 unspecified atom stereocenters. The van der Waals surface area contributed by atoms with Gasteiger partial charge in [-0.25, -0.2) is 4.98 Å². The number of aliphatic hydroxyl groups is 1. The highest BCUT2D eigenvalue weighted by molar-refractivity contribution is 5.94. The van der Waals surface area contributed by atoms with Gasteiger partial charge in [0.05, 0.1) is 23.6 Å². The summed E-state index contributed by atoms with van der Waals surface area (Å²) in [6.45, 7) is 0.318. The summed E-state index contributed by atoms with van der Waals surface area (Å²) in [6, 6.07) is 24.3. The van der Waals surface area contributed by atoms with Crippen LogP contribution in [0.1, 0.15) is 12.2 Å². The maximum atomic E-state index is 13.2. The fraction of sp³-hybridized carbons (Fsp3) is 0.167. The van der Waals surface area contributed by atoms with Gasteiger partial charge in [0, 0.05) is 6.42 Å². The molecule has 1 aromatic heterocycles. The van der Waals surface area contributed by atoms with Gasteiger partial charge in [-0.05, 0) is 40.8 Å². The van der Waals surface area contributed by atoms with Crippen LogP contribution in [-0.4, -0.2) is 20.8 Å². The molecule has 1 aliphatic rings. The van der Waals surface area contributed by atoms with Gasteiger partial charge in [-0.1, -0.05) is 60.7 Å². The number of benzene rings is 3. The standard InChI is InChI=1S/C24H20N2O2/c27-18-11-12-23-25-22-14-20(17-9-5-2-6-10-17)19(16-7-3-1-4-8-16)13-21(22)24(28)26(23)15-18/h1-10,13-14,18,27H,11-12,15H2. The molecule has 2 heterocycles. The summed E-state index contributed by atoms with van der Waals surface area (Å²) in [7, 11) is 0. The van der Waals surface area contributed by atoms with Gasteiger partial charge in [-0.2, -0.15) is 0 Å². The Hall–Kier alpha value is -3.24. The number of aliphatic hydroxyl groups excluding tert-OH is 1. The molecule has 0 saturated carbocycles. The summed E-state index contributed by atoms with van der Waals surface area (Å²) in [5, 5.41) is 10.6. The molecule has 0 radical (unpaired) electrons. The van der Waals surface area contributed by atoms with Crippen LogP contribution < -0.4 is 5.56 Å². The molecule has 4 nitrogen and oxygen atoms in total. The van der Waals surface area contributed by atoms with Gasteiger partial charge in [0.1, 0.15) is 5.82 Å². The number of hydrogen-bond donors (Lipinski definition) is 1. The molecule has 1 aliphatic heterocycles. The summed E-state index contributed by atoms with van der Waals surface area (Å²) in [5.41, 5.74) is 4.87. The second kappa shape index (κ2) is 6.73. The Labute approximate surface area is 162 Å². The number of fused-ring (bicyclic) bond motifs is 2. The Morgan fingerprint density at radius 2 is 1.50 bits per heavy atom. The minimum atomic E-state index is -0.485. The van der Waals surface area contributed by atoms with Gasteiger partial charge in [0.2, 0.25) is 0 Å². The zero-order chi connectivity index (χ0) is 19.1. The van der Waals surface area contributed by atoms with E-state index in [1.165, 1.54) is 0 Å². The predicted octanol–water partition coefficient (Wildman–Crippen LogP) is 4.04. The largest absolute Gasteiger partial charge is 0.391 e. The lowest BCUT2D eigenvalue weighted by molar-refractivity contribution is 0.128. The topological polar surface area (TPSA) is 55.1 Å². The first kappa shape index (κ1) is 16.9. The molecule has 0 fully saturated rings. The van der Waals surface area contributed by atoms with Gasteiger partial charge < -0.3 is 5.11 Å². The smallest absolute Gasteiger partial charge is 0.261 e. The third kappa shape index (κ3) is 2.83. The first-order valence-corrected chi connectivity index (χ1v) is 9.57. The second-order valence-corrected chi connectivity index (χ2v) is 7.28. The van der Waals surface area contributed by atoms with Gasteiger partial charge in [0.15, 0.2) is 0 Å². The first-order chi connectivity index (χ1) is 13.7. The molecule has 1 atom stereocenters. The molecule has 0 saturated heterocycles. The van der Waals surface area contributed by atoms with Crippen molar-refractivity contribution in [2.75, 3.05) is 0 Å². The third-order valence-electron chi connectivity index (χ3n) is 5.44. The second-order valence-electron chi connectivity index (χ2n) is 7.28. The van der Waals surface area contributed by atoms with Crippen molar-refractivity contribution in [2.24, 2.45) is 0 Å². The van der Waals surface area contributed by atoms with E-state index in [1.807, 2.05) is 48.5 Å². The highest BCUT2D eigenvalue weighted by Gasteiger charge is 2.21. The molecule has 0 spiro atoms. The summed E-state index contributed by atoms with van der Waals surface area (Å²) < 4.78 is 1.63. The Bertz CT molecular complexity index is 1210. The molecule has 4 heteroatoms. The fourth-order valence-electron chi connectivity index (χ4n) is 4.00. The Kier molecular flexibility index (Phi) is 4.06. The lowest BCUT2D eigenvalue weighted by Gasteiger charge is -2.22. The highest BCUT2D eigenvalue weighted by Crippen LogP contribution is 2.34. The Morgan fingerprint density at radius 1 is 0.893 bits per heavy atom. The SMILES string of the molecule is O=c1c2cc(-c3ccccc3)c(-c3ccccc3)cc2nc2n1CC(O)CC2. The number of aryl methyl sites for hydroxylation is 1. The van der Waals surface area contributed by atoms with Gasteiger partial charge >= 0.3 is 0 Å². The summed E-state index contributed by atoms with van der Waals surface area (Å²) in [5.74, 6) is 0.759. The van der Waals surface area contributed by atoms with Crippen LogP contribution in [0.2, 0.25) is 0 Å². The van der Waals surface area contributed by atoms with Crippen LogP contribution in [0.5, 0.6) is 0 Å². The van der Waals surface area contributed by atoms with Crippen LogP contribution in [0.3, 0.4) is 0 Å². The quantitative estimate of drug-likeness (QED) is 0.581. The van der Waals surface area contributed by atoms with Gasteiger partial charge in [-0.3, -0.25) is 9.36 Å². The zero-order valence-electron chi connectivity index (χ0n) is 15.4. The van der Waals surface area contributed by atoms with Crippen molar-refractivity contribution in [3.63, 3.8) is 0 Å². The lowest BCUT2D eigenvalue weighted by Crippen LogP contribution is -2.34. The average Bonchev–Trinajstić information content (AvgIpc) is 2.75. The zero-order valence-corrected chi connectivity index (χ0v) is 15.4. The molecule has 5 rings (SSSR count). The molecular formula is C24H20N2O2. The van der Waals surface area contributed by atoms with E-state index in [4.69, 9.17) is 4.98 Å². The highest BCUT2D eigenvalue weighted by atomic mass is 16.3. The molecule has 0 bridgehead atoms. The lowest BCUT2D eigenvalue weighted by atomic mass is 9.93. The number of nitrogens with zero attached hydrogens (tertiary/aromatic N) is 2. The molecule has 138 valence electrons. The predicted molar refractivity (Wildman–Crippen MR) is 111 cm³/mol. The number of rotatable bonds is 2. The average molecular weight is 368 g/mol. The van der Waals surface area contributed by atoms with Crippen molar-refractivity contribution < 1.29 is 5.11 Å². The van der Waals surface area contributed by atoms with Crippen LogP contribution >= 0.6 is 0 Å². The number of hydrogen-bond acceptors (Lipinski definition) is 3. The fourth-order valence-corrected chi connectivity index (χ4v) is 4.00. The van der Waals surface area contributed by atoms with E-state index in [2.05, 4.69) is 24.3 Å². The molecule has 0 aliphatic carbocycles. The van der Waals surface area contributed by atoms with Crippen molar-refractivity contribution >= 4 is 10.9 Å². The van der Waals surface area contributed by atoms with E-state index in [-0.39, 0.29) is 5.56 Å². The molecule has 3 aromatic carbocycles. The Balaban J connectivity index is 1.83. The molecule has 28 heavy (non-hydrogen) atoms. The van der Waals surface area contributed by atoms with Crippen LogP contribution in [0.15, 0.2) is 77.6 Å². The monoisotopic (exact) mass is 368 g/mol. The van der Waals surface area contributed by atoms with Gasteiger partial charge in [-0.15, -0.1) is 0 Å². The summed E-state index contributed by atoms with van der Waals surface area (Å²) in [4.78, 5) is 17.9. The summed E-state index contributed by atoms with van der Waals surface area (Å²) in [6.07, 6.45) is 0.778. The minimum Gasteiger partial charge on any atom is -0.391 e. The van der Waals surface area contributed by atoms with Crippen molar-refractivity contribution in [3.8, 4) is 22.3 Å². The molecule has 1 N–H and O–H groups in total. The first-order valence-electron chi connectivity index (χ1n) is 9.57. The normalized spacial score (nSPS) is 16.1. The minimum absolute atomic E-state index is 0.0736. The van der Waals surface area contributed by atoms with E-state index in [0.717, 1.165) is 28.1 Å². The third-order valence-corrected chi connectivity index (χ3v) is 5.44. The summed E-state index contributed by atoms with van der Waals surface area (Å²) >= 11 is 0. The molecular weight excluding hydrogens is 348 g/mol. The van der Waals surface area contributed by atoms with Crippen molar-refractivity contribution in [1.82, 2.24) is 9.55 Å². The molecule has 4 aromatic rings. The van der Waals surface area contributed by atoms with Crippen LogP contribution in [-0.2, 0) is 13.0 Å². The van der Waals surface area contributed by atoms with E-state index in [1.54, 1.807) is 4.57 Å². The van der Waals surface area contributed by atoms with E-state index >= 15 is 0 Å². The maximum absolute atomic E-state index is 13.2.